The van der Waals surface area contributed by atoms with Gasteiger partial charge in [-0.1, -0.05) is 0 Å². The fourth-order valence-electron chi connectivity index (χ4n) is 2.42. The number of nitrogen functional groups attached to an aromatic ring is 1. The number of esters is 1. The van der Waals surface area contributed by atoms with Crippen LogP contribution in [-0.4, -0.2) is 25.8 Å². The van der Waals surface area contributed by atoms with E-state index in [4.69, 9.17) is 10.5 Å². The number of aromatic nitrogens is 3. The molecular formula is C18H15FN6O4. The maximum atomic E-state index is 13.0. The lowest BCUT2D eigenvalue weighted by atomic mass is 10.1. The summed E-state index contributed by atoms with van der Waals surface area (Å²) >= 11 is 0. The number of nitrogens with zero attached hydrogens (tertiary/aromatic N) is 4. The van der Waals surface area contributed by atoms with Crippen molar-refractivity contribution in [2.75, 3.05) is 11.1 Å². The first-order chi connectivity index (χ1) is 13.8. The van der Waals surface area contributed by atoms with Gasteiger partial charge in [-0.15, -0.1) is 0 Å². The Morgan fingerprint density at radius 1 is 1.21 bits per heavy atom. The van der Waals surface area contributed by atoms with Crippen LogP contribution in [0.3, 0.4) is 0 Å². The summed E-state index contributed by atoms with van der Waals surface area (Å²) in [6.45, 7) is 1.23. The van der Waals surface area contributed by atoms with Crippen molar-refractivity contribution in [2.24, 2.45) is 0 Å². The van der Waals surface area contributed by atoms with Crippen LogP contribution in [0.15, 0.2) is 42.5 Å². The molecule has 0 aliphatic carbocycles. The summed E-state index contributed by atoms with van der Waals surface area (Å²) in [6, 6.07) is 9.42. The van der Waals surface area contributed by atoms with Gasteiger partial charge in [0, 0.05) is 17.3 Å². The van der Waals surface area contributed by atoms with Crippen molar-refractivity contribution in [2.45, 2.75) is 13.5 Å². The van der Waals surface area contributed by atoms with Gasteiger partial charge in [-0.3, -0.25) is 10.1 Å². The molecule has 1 heterocycles. The second-order valence-corrected chi connectivity index (χ2v) is 5.90. The number of anilines is 3. The molecule has 0 radical (unpaired) electrons. The van der Waals surface area contributed by atoms with Crippen molar-refractivity contribution in [3.63, 3.8) is 0 Å². The average molecular weight is 398 g/mol. The van der Waals surface area contributed by atoms with Crippen molar-refractivity contribution in [1.29, 1.82) is 0 Å². The summed E-state index contributed by atoms with van der Waals surface area (Å²) in [6.07, 6.45) is 0. The van der Waals surface area contributed by atoms with Crippen molar-refractivity contribution in [3.8, 4) is 0 Å². The molecule has 3 rings (SSSR count). The lowest BCUT2D eigenvalue weighted by Crippen LogP contribution is -2.11. The topological polar surface area (TPSA) is 146 Å². The van der Waals surface area contributed by atoms with Crippen LogP contribution in [-0.2, 0) is 11.3 Å². The van der Waals surface area contributed by atoms with Gasteiger partial charge in [-0.2, -0.15) is 15.0 Å². The zero-order valence-corrected chi connectivity index (χ0v) is 15.1. The number of ether oxygens (including phenoxy) is 1. The maximum Gasteiger partial charge on any atom is 0.338 e. The van der Waals surface area contributed by atoms with E-state index >= 15 is 0 Å². The quantitative estimate of drug-likeness (QED) is 0.363. The van der Waals surface area contributed by atoms with Gasteiger partial charge in [-0.25, -0.2) is 9.18 Å². The monoisotopic (exact) mass is 398 g/mol. The molecular weight excluding hydrogens is 383 g/mol. The van der Waals surface area contributed by atoms with E-state index in [1.807, 2.05) is 0 Å². The van der Waals surface area contributed by atoms with Gasteiger partial charge in [0.05, 0.1) is 10.5 Å². The molecule has 0 unspecified atom stereocenters. The van der Waals surface area contributed by atoms with Gasteiger partial charge in [0.15, 0.2) is 12.4 Å². The number of hydrogen-bond acceptors (Lipinski definition) is 9. The zero-order chi connectivity index (χ0) is 21.0. The molecule has 0 atom stereocenters. The molecule has 2 aromatic carbocycles. The van der Waals surface area contributed by atoms with Crippen LogP contribution in [0, 0.1) is 22.9 Å². The van der Waals surface area contributed by atoms with E-state index in [0.717, 1.165) is 0 Å². The fraction of sp³-hybridized carbons (Fsp3) is 0.111. The highest BCUT2D eigenvalue weighted by molar-refractivity contribution is 5.90. The van der Waals surface area contributed by atoms with Crippen LogP contribution < -0.4 is 11.1 Å². The Kier molecular flexibility index (Phi) is 5.58. The SMILES string of the molecule is Cc1cc(C(=O)OCc2nc(N)nc(Nc3ccc(F)cc3)n2)ccc1[N+](=O)[O-]. The Balaban J connectivity index is 1.69. The number of carbonyl (C=O) groups excluding carboxylic acids is 1. The molecule has 11 heteroatoms. The normalized spacial score (nSPS) is 10.4. The summed E-state index contributed by atoms with van der Waals surface area (Å²) in [5, 5.41) is 13.7. The lowest BCUT2D eigenvalue weighted by molar-refractivity contribution is -0.385. The van der Waals surface area contributed by atoms with Crippen molar-refractivity contribution in [3.05, 3.63) is 75.3 Å². The van der Waals surface area contributed by atoms with Crippen LogP contribution in [0.5, 0.6) is 0 Å². The molecule has 148 valence electrons. The summed E-state index contributed by atoms with van der Waals surface area (Å²) in [4.78, 5) is 34.4. The van der Waals surface area contributed by atoms with Gasteiger partial charge in [0.2, 0.25) is 11.9 Å². The van der Waals surface area contributed by atoms with E-state index < -0.39 is 10.9 Å². The largest absolute Gasteiger partial charge is 0.454 e. The summed E-state index contributed by atoms with van der Waals surface area (Å²) < 4.78 is 18.1. The second kappa shape index (κ2) is 8.25. The van der Waals surface area contributed by atoms with E-state index in [9.17, 15) is 19.3 Å². The standard InChI is InChI=1S/C18H15FN6O4/c1-10-8-11(2-7-14(10)25(27)28)16(26)29-9-15-22-17(20)24-18(23-15)21-13-5-3-12(19)4-6-13/h2-8H,9H2,1H3,(H3,20,21,22,23,24). The first-order valence-electron chi connectivity index (χ1n) is 8.27. The molecule has 1 aromatic heterocycles. The molecule has 0 bridgehead atoms. The van der Waals surface area contributed by atoms with E-state index in [2.05, 4.69) is 20.3 Å². The number of benzene rings is 2. The third kappa shape index (κ3) is 4.97. The molecule has 0 amide bonds. The number of nitrogens with one attached hydrogen (secondary N) is 1. The summed E-state index contributed by atoms with van der Waals surface area (Å²) in [5.74, 6) is -0.993. The molecule has 0 saturated carbocycles. The highest BCUT2D eigenvalue weighted by atomic mass is 19.1. The van der Waals surface area contributed by atoms with Gasteiger partial charge >= 0.3 is 5.97 Å². The minimum Gasteiger partial charge on any atom is -0.454 e. The van der Waals surface area contributed by atoms with E-state index in [-0.39, 0.29) is 41.4 Å². The van der Waals surface area contributed by atoms with Crippen molar-refractivity contribution < 1.29 is 18.8 Å². The van der Waals surface area contributed by atoms with Crippen molar-refractivity contribution in [1.82, 2.24) is 15.0 Å². The Morgan fingerprint density at radius 3 is 2.59 bits per heavy atom. The van der Waals surface area contributed by atoms with Crippen LogP contribution >= 0.6 is 0 Å². The highest BCUT2D eigenvalue weighted by Crippen LogP contribution is 2.20. The number of carbonyl (C=O) groups is 1. The molecule has 0 aliphatic heterocycles. The second-order valence-electron chi connectivity index (χ2n) is 5.90. The fourth-order valence-corrected chi connectivity index (χ4v) is 2.42. The first kappa shape index (κ1) is 19.6. The molecule has 0 aliphatic rings. The smallest absolute Gasteiger partial charge is 0.338 e. The number of rotatable bonds is 6. The molecule has 0 fully saturated rings. The number of hydrogen-bond donors (Lipinski definition) is 2. The van der Waals surface area contributed by atoms with Gasteiger partial charge in [0.25, 0.3) is 5.69 Å². The maximum absolute atomic E-state index is 13.0. The predicted octanol–water partition coefficient (Wildman–Crippen LogP) is 2.91. The average Bonchev–Trinajstić information content (AvgIpc) is 2.67. The van der Waals surface area contributed by atoms with E-state index in [1.165, 1.54) is 49.4 Å². The van der Waals surface area contributed by atoms with Gasteiger partial charge in [0.1, 0.15) is 5.82 Å². The minimum absolute atomic E-state index is 0.0918. The van der Waals surface area contributed by atoms with Gasteiger partial charge in [-0.05, 0) is 43.3 Å². The molecule has 3 aromatic rings. The van der Waals surface area contributed by atoms with Crippen LogP contribution in [0.25, 0.3) is 0 Å². The molecule has 3 N–H and O–H groups in total. The highest BCUT2D eigenvalue weighted by Gasteiger charge is 2.15. The van der Waals surface area contributed by atoms with Gasteiger partial charge < -0.3 is 15.8 Å². The Morgan fingerprint density at radius 2 is 1.93 bits per heavy atom. The van der Waals surface area contributed by atoms with E-state index in [1.54, 1.807) is 0 Å². The first-order valence-corrected chi connectivity index (χ1v) is 8.27. The number of halogens is 1. The number of aryl methyl sites for hydroxylation is 1. The van der Waals surface area contributed by atoms with Crippen LogP contribution in [0.2, 0.25) is 0 Å². The lowest BCUT2D eigenvalue weighted by Gasteiger charge is -2.08. The molecule has 0 saturated heterocycles. The molecule has 29 heavy (non-hydrogen) atoms. The Bertz CT molecular complexity index is 1070. The number of nitro groups is 1. The van der Waals surface area contributed by atoms with Crippen LogP contribution in [0.1, 0.15) is 21.7 Å². The van der Waals surface area contributed by atoms with Crippen LogP contribution in [0.4, 0.5) is 27.7 Å². The summed E-state index contributed by atoms with van der Waals surface area (Å²) in [5.41, 5.74) is 6.57. The minimum atomic E-state index is -0.699. The third-order valence-corrected chi connectivity index (χ3v) is 3.76. The molecule has 0 spiro atoms. The Labute approximate surface area is 163 Å². The number of nitro benzene ring substituents is 1. The Hall–Kier alpha value is -4.15. The molecule has 10 nitrogen and oxygen atoms in total. The third-order valence-electron chi connectivity index (χ3n) is 3.76. The van der Waals surface area contributed by atoms with Crippen molar-refractivity contribution >= 4 is 29.2 Å². The zero-order valence-electron chi connectivity index (χ0n) is 15.1. The van der Waals surface area contributed by atoms with E-state index in [0.29, 0.717) is 11.3 Å². The number of nitrogens with two attached hydrogens (primary N) is 1. The summed E-state index contributed by atoms with van der Waals surface area (Å²) in [7, 11) is 0. The predicted molar refractivity (Wildman–Crippen MR) is 101 cm³/mol.